The number of carbonyl (C=O) groups excluding carboxylic acids is 1. The Balaban J connectivity index is 2.22. The number of halogens is 2. The van der Waals surface area contributed by atoms with Crippen molar-refractivity contribution in [2.45, 2.75) is 6.42 Å². The van der Waals surface area contributed by atoms with Crippen LogP contribution in [0, 0.1) is 0 Å². The quantitative estimate of drug-likeness (QED) is 0.655. The van der Waals surface area contributed by atoms with Gasteiger partial charge in [0.1, 0.15) is 0 Å². The van der Waals surface area contributed by atoms with Gasteiger partial charge in [-0.2, -0.15) is 0 Å². The minimum atomic E-state index is -0.178. The molecule has 0 aliphatic heterocycles. The van der Waals surface area contributed by atoms with Crippen molar-refractivity contribution in [2.24, 2.45) is 0 Å². The predicted molar refractivity (Wildman–Crippen MR) is 101 cm³/mol. The smallest absolute Gasteiger partial charge is 0.227 e. The zero-order valence-corrected chi connectivity index (χ0v) is 15.1. The maximum absolute atomic E-state index is 12.5. The predicted octanol–water partition coefficient (Wildman–Crippen LogP) is 3.09. The average Bonchev–Trinajstić information content (AvgIpc) is 2.59. The molecule has 0 heterocycles. The summed E-state index contributed by atoms with van der Waals surface area (Å²) in [4.78, 5) is 13.9. The molecule has 7 heteroatoms. The van der Waals surface area contributed by atoms with Crippen LogP contribution in [0.4, 0.5) is 11.4 Å². The summed E-state index contributed by atoms with van der Waals surface area (Å²) in [6, 6.07) is 12.6. The van der Waals surface area contributed by atoms with E-state index in [0.29, 0.717) is 15.7 Å². The summed E-state index contributed by atoms with van der Waals surface area (Å²) in [7, 11) is 0. The Morgan fingerprint density at radius 1 is 0.960 bits per heavy atom. The standard InChI is InChI=1S/C18H20Cl2N2O3/c19-14-5-3-6-15(20)18(14)21-16-7-2-1-4-13(16)12-17(25)22(8-10-23)9-11-24/h1-7,21,23-24H,8-12H2. The van der Waals surface area contributed by atoms with Crippen molar-refractivity contribution in [3.63, 3.8) is 0 Å². The number of carbonyl (C=O) groups is 1. The highest BCUT2D eigenvalue weighted by molar-refractivity contribution is 6.39. The third-order valence-electron chi connectivity index (χ3n) is 3.67. The van der Waals surface area contributed by atoms with Crippen LogP contribution < -0.4 is 5.32 Å². The SMILES string of the molecule is O=C(Cc1ccccc1Nc1c(Cl)cccc1Cl)N(CCO)CCO. The van der Waals surface area contributed by atoms with Gasteiger partial charge >= 0.3 is 0 Å². The number of benzene rings is 2. The number of hydrogen-bond acceptors (Lipinski definition) is 4. The molecule has 0 fully saturated rings. The van der Waals surface area contributed by atoms with Crippen LogP contribution in [0.25, 0.3) is 0 Å². The third kappa shape index (κ3) is 5.34. The second-order valence-electron chi connectivity index (χ2n) is 5.38. The van der Waals surface area contributed by atoms with Gasteiger partial charge in [-0.05, 0) is 23.8 Å². The molecule has 0 spiro atoms. The summed E-state index contributed by atoms with van der Waals surface area (Å²) in [6.07, 6.45) is 0.130. The molecule has 1 amide bonds. The van der Waals surface area contributed by atoms with Gasteiger partial charge in [-0.15, -0.1) is 0 Å². The van der Waals surface area contributed by atoms with Crippen molar-refractivity contribution in [1.82, 2.24) is 4.90 Å². The Morgan fingerprint density at radius 3 is 2.16 bits per heavy atom. The molecule has 0 saturated heterocycles. The topological polar surface area (TPSA) is 72.8 Å². The molecule has 0 saturated carbocycles. The van der Waals surface area contributed by atoms with Gasteiger partial charge in [0.15, 0.2) is 0 Å². The van der Waals surface area contributed by atoms with Gasteiger partial charge in [0, 0.05) is 18.8 Å². The van der Waals surface area contributed by atoms with Gasteiger partial charge in [-0.3, -0.25) is 4.79 Å². The molecular formula is C18H20Cl2N2O3. The summed E-state index contributed by atoms with van der Waals surface area (Å²) in [5, 5.41) is 22.3. The second kappa shape index (κ2) is 9.63. The number of anilines is 2. The Bertz CT molecular complexity index is 699. The van der Waals surface area contributed by atoms with Crippen LogP contribution in [0.2, 0.25) is 10.0 Å². The molecule has 0 aliphatic rings. The Hall–Kier alpha value is -1.79. The minimum Gasteiger partial charge on any atom is -0.395 e. The molecule has 134 valence electrons. The molecule has 0 atom stereocenters. The Morgan fingerprint density at radius 2 is 1.56 bits per heavy atom. The van der Waals surface area contributed by atoms with Crippen LogP contribution in [0.1, 0.15) is 5.56 Å². The zero-order chi connectivity index (χ0) is 18.2. The molecule has 2 aromatic carbocycles. The number of aliphatic hydroxyl groups is 2. The van der Waals surface area contributed by atoms with E-state index in [0.717, 1.165) is 11.3 Å². The van der Waals surface area contributed by atoms with Crippen molar-refractivity contribution in [1.29, 1.82) is 0 Å². The molecule has 0 aliphatic carbocycles. The second-order valence-corrected chi connectivity index (χ2v) is 6.20. The fourth-order valence-electron chi connectivity index (χ4n) is 2.43. The highest BCUT2D eigenvalue weighted by Gasteiger charge is 2.16. The fraction of sp³-hybridized carbons (Fsp3) is 0.278. The van der Waals surface area contributed by atoms with Crippen LogP contribution in [0.5, 0.6) is 0 Å². The number of hydrogen-bond donors (Lipinski definition) is 3. The number of nitrogens with one attached hydrogen (secondary N) is 1. The van der Waals surface area contributed by atoms with Crippen molar-refractivity contribution >= 4 is 40.5 Å². The molecule has 2 aromatic rings. The van der Waals surface area contributed by atoms with E-state index in [4.69, 9.17) is 33.4 Å². The lowest BCUT2D eigenvalue weighted by molar-refractivity contribution is -0.131. The highest BCUT2D eigenvalue weighted by atomic mass is 35.5. The summed E-state index contributed by atoms with van der Waals surface area (Å²) < 4.78 is 0. The van der Waals surface area contributed by atoms with Crippen LogP contribution in [0.15, 0.2) is 42.5 Å². The number of rotatable bonds is 8. The molecular weight excluding hydrogens is 363 g/mol. The Labute approximate surface area is 156 Å². The summed E-state index contributed by atoms with van der Waals surface area (Å²) in [6.45, 7) is 0.0679. The van der Waals surface area contributed by atoms with Crippen molar-refractivity contribution in [3.05, 3.63) is 58.1 Å². The van der Waals surface area contributed by atoms with E-state index in [1.807, 2.05) is 24.3 Å². The van der Waals surface area contributed by atoms with Gasteiger partial charge in [0.2, 0.25) is 5.91 Å². The van der Waals surface area contributed by atoms with Gasteiger partial charge in [-0.25, -0.2) is 0 Å². The van der Waals surface area contributed by atoms with Crippen molar-refractivity contribution in [3.8, 4) is 0 Å². The van der Waals surface area contributed by atoms with Crippen molar-refractivity contribution in [2.75, 3.05) is 31.6 Å². The maximum atomic E-state index is 12.5. The first-order chi connectivity index (χ1) is 12.1. The monoisotopic (exact) mass is 382 g/mol. The molecule has 0 bridgehead atoms. The van der Waals surface area contributed by atoms with Gasteiger partial charge < -0.3 is 20.4 Å². The average molecular weight is 383 g/mol. The van der Waals surface area contributed by atoms with E-state index < -0.39 is 0 Å². The van der Waals surface area contributed by atoms with Crippen molar-refractivity contribution < 1.29 is 15.0 Å². The normalized spacial score (nSPS) is 10.6. The molecule has 0 unspecified atom stereocenters. The molecule has 0 aromatic heterocycles. The number of aliphatic hydroxyl groups excluding tert-OH is 2. The maximum Gasteiger partial charge on any atom is 0.227 e. The molecule has 2 rings (SSSR count). The first kappa shape index (κ1) is 19.5. The van der Waals surface area contributed by atoms with Crippen LogP contribution in [0.3, 0.4) is 0 Å². The number of para-hydroxylation sites is 2. The van der Waals surface area contributed by atoms with E-state index in [9.17, 15) is 4.79 Å². The molecule has 0 radical (unpaired) electrons. The van der Waals surface area contributed by atoms with E-state index in [1.165, 1.54) is 4.90 Å². The van der Waals surface area contributed by atoms with E-state index in [2.05, 4.69) is 5.32 Å². The van der Waals surface area contributed by atoms with Crippen LogP contribution in [-0.2, 0) is 11.2 Å². The largest absolute Gasteiger partial charge is 0.395 e. The van der Waals surface area contributed by atoms with E-state index in [-0.39, 0.29) is 38.6 Å². The fourth-order valence-corrected chi connectivity index (χ4v) is 2.92. The summed E-state index contributed by atoms with van der Waals surface area (Å²) in [5.74, 6) is -0.178. The summed E-state index contributed by atoms with van der Waals surface area (Å²) in [5.41, 5.74) is 2.07. The molecule has 3 N–H and O–H groups in total. The highest BCUT2D eigenvalue weighted by Crippen LogP contribution is 2.33. The van der Waals surface area contributed by atoms with Crippen LogP contribution in [-0.4, -0.2) is 47.3 Å². The van der Waals surface area contributed by atoms with Gasteiger partial charge in [-0.1, -0.05) is 47.5 Å². The molecule has 25 heavy (non-hydrogen) atoms. The minimum absolute atomic E-state index is 0.130. The lowest BCUT2D eigenvalue weighted by Gasteiger charge is -2.21. The number of nitrogens with zero attached hydrogens (tertiary/aromatic N) is 1. The van der Waals surface area contributed by atoms with Gasteiger partial charge in [0.25, 0.3) is 0 Å². The lowest BCUT2D eigenvalue weighted by atomic mass is 10.1. The lowest BCUT2D eigenvalue weighted by Crippen LogP contribution is -2.36. The Kier molecular flexibility index (Phi) is 7.52. The van der Waals surface area contributed by atoms with Crippen LogP contribution >= 0.6 is 23.2 Å². The number of amides is 1. The van der Waals surface area contributed by atoms with E-state index >= 15 is 0 Å². The van der Waals surface area contributed by atoms with E-state index in [1.54, 1.807) is 18.2 Å². The van der Waals surface area contributed by atoms with Gasteiger partial charge in [0.05, 0.1) is 35.4 Å². The third-order valence-corrected chi connectivity index (χ3v) is 4.30. The summed E-state index contributed by atoms with van der Waals surface area (Å²) >= 11 is 12.4. The molecule has 5 nitrogen and oxygen atoms in total. The first-order valence-electron chi connectivity index (χ1n) is 7.85. The zero-order valence-electron chi connectivity index (χ0n) is 13.6. The first-order valence-corrected chi connectivity index (χ1v) is 8.61.